The molecule has 138 valence electrons. The molecule has 1 aromatic heterocycles. The Bertz CT molecular complexity index is 644. The van der Waals surface area contributed by atoms with Gasteiger partial charge in [-0.2, -0.15) is 0 Å². The van der Waals surface area contributed by atoms with E-state index in [1.807, 2.05) is 23.2 Å². The van der Waals surface area contributed by atoms with Crippen LogP contribution in [-0.4, -0.2) is 54.5 Å². The van der Waals surface area contributed by atoms with E-state index >= 15 is 0 Å². The van der Waals surface area contributed by atoms with Crippen molar-refractivity contribution in [2.75, 3.05) is 32.8 Å². The SMILES string of the molecule is CCOC(=O)[C@@]12CCCN(Cc3ccc(C)s3)C[C@@H]1CN(C(C)=O)C2. The number of fused-ring (bicyclic) bond motifs is 1. The number of hydrogen-bond acceptors (Lipinski definition) is 5. The highest BCUT2D eigenvalue weighted by Gasteiger charge is 2.54. The van der Waals surface area contributed by atoms with Crippen LogP contribution >= 0.6 is 11.3 Å². The summed E-state index contributed by atoms with van der Waals surface area (Å²) in [5.74, 6) is 0.0914. The molecule has 6 heteroatoms. The van der Waals surface area contributed by atoms with Crippen LogP contribution < -0.4 is 0 Å². The molecule has 0 radical (unpaired) electrons. The number of rotatable bonds is 4. The average molecular weight is 365 g/mol. The maximum Gasteiger partial charge on any atom is 0.314 e. The Morgan fingerprint density at radius 1 is 1.36 bits per heavy atom. The summed E-state index contributed by atoms with van der Waals surface area (Å²) in [4.78, 5) is 31.7. The normalized spacial score (nSPS) is 27.0. The lowest BCUT2D eigenvalue weighted by atomic mass is 9.75. The molecule has 2 saturated heterocycles. The number of carbonyl (C=O) groups is 2. The Morgan fingerprint density at radius 3 is 2.80 bits per heavy atom. The molecule has 0 aromatic carbocycles. The van der Waals surface area contributed by atoms with Crippen LogP contribution in [0.4, 0.5) is 0 Å². The van der Waals surface area contributed by atoms with E-state index in [9.17, 15) is 9.59 Å². The van der Waals surface area contributed by atoms with Gasteiger partial charge in [-0.15, -0.1) is 11.3 Å². The largest absolute Gasteiger partial charge is 0.466 e. The molecular formula is C19H28N2O3S. The van der Waals surface area contributed by atoms with E-state index in [0.29, 0.717) is 19.7 Å². The van der Waals surface area contributed by atoms with Crippen LogP contribution in [0.15, 0.2) is 12.1 Å². The first-order valence-electron chi connectivity index (χ1n) is 9.15. The first kappa shape index (κ1) is 18.4. The second-order valence-corrected chi connectivity index (χ2v) is 8.70. The highest BCUT2D eigenvalue weighted by Crippen LogP contribution is 2.44. The molecule has 2 fully saturated rings. The number of nitrogens with zero attached hydrogens (tertiary/aromatic N) is 2. The number of aryl methyl sites for hydroxylation is 1. The highest BCUT2D eigenvalue weighted by atomic mass is 32.1. The van der Waals surface area contributed by atoms with Crippen molar-refractivity contribution in [3.8, 4) is 0 Å². The Labute approximate surface area is 153 Å². The molecule has 1 aromatic rings. The Balaban J connectivity index is 1.79. The van der Waals surface area contributed by atoms with Gasteiger partial charge >= 0.3 is 5.97 Å². The number of thiophene rings is 1. The topological polar surface area (TPSA) is 49.9 Å². The van der Waals surface area contributed by atoms with Gasteiger partial charge in [-0.25, -0.2) is 0 Å². The van der Waals surface area contributed by atoms with Crippen LogP contribution in [0.25, 0.3) is 0 Å². The average Bonchev–Trinajstić information content (AvgIpc) is 3.08. The Morgan fingerprint density at radius 2 is 2.16 bits per heavy atom. The lowest BCUT2D eigenvalue weighted by Gasteiger charge is -2.31. The molecule has 0 N–H and O–H groups in total. The minimum absolute atomic E-state index is 0.0529. The predicted octanol–water partition coefficient (Wildman–Crippen LogP) is 2.68. The fourth-order valence-corrected chi connectivity index (χ4v) is 5.23. The molecule has 0 saturated carbocycles. The van der Waals surface area contributed by atoms with E-state index in [1.165, 1.54) is 9.75 Å². The van der Waals surface area contributed by atoms with Crippen molar-refractivity contribution >= 4 is 23.2 Å². The minimum Gasteiger partial charge on any atom is -0.466 e. The first-order valence-corrected chi connectivity index (χ1v) is 9.96. The summed E-state index contributed by atoms with van der Waals surface area (Å²) in [6.07, 6.45) is 1.77. The van der Waals surface area contributed by atoms with Gasteiger partial charge in [0.2, 0.25) is 5.91 Å². The van der Waals surface area contributed by atoms with Gasteiger partial charge in [-0.05, 0) is 45.4 Å². The van der Waals surface area contributed by atoms with Gasteiger partial charge in [0.15, 0.2) is 0 Å². The van der Waals surface area contributed by atoms with E-state index in [-0.39, 0.29) is 17.8 Å². The van der Waals surface area contributed by atoms with Crippen molar-refractivity contribution in [2.24, 2.45) is 11.3 Å². The van der Waals surface area contributed by atoms with Crippen molar-refractivity contribution in [1.29, 1.82) is 0 Å². The third-order valence-corrected chi connectivity index (χ3v) is 6.56. The molecule has 25 heavy (non-hydrogen) atoms. The van der Waals surface area contributed by atoms with E-state index in [1.54, 1.807) is 6.92 Å². The first-order chi connectivity index (χ1) is 11.9. The molecule has 0 unspecified atom stereocenters. The van der Waals surface area contributed by atoms with Crippen LogP contribution in [0.5, 0.6) is 0 Å². The van der Waals surface area contributed by atoms with E-state index in [0.717, 1.165) is 32.5 Å². The van der Waals surface area contributed by atoms with Crippen molar-refractivity contribution in [2.45, 2.75) is 40.2 Å². The van der Waals surface area contributed by atoms with Gasteiger partial charge in [0.05, 0.1) is 12.0 Å². The predicted molar refractivity (Wildman–Crippen MR) is 98.4 cm³/mol. The van der Waals surface area contributed by atoms with Gasteiger partial charge in [-0.3, -0.25) is 14.5 Å². The van der Waals surface area contributed by atoms with Crippen LogP contribution in [0, 0.1) is 18.3 Å². The van der Waals surface area contributed by atoms with Crippen molar-refractivity contribution < 1.29 is 14.3 Å². The minimum atomic E-state index is -0.526. The molecule has 2 atom stereocenters. The number of carbonyl (C=O) groups excluding carboxylic acids is 2. The molecule has 1 amide bonds. The van der Waals surface area contributed by atoms with Crippen LogP contribution in [-0.2, 0) is 20.9 Å². The summed E-state index contributed by atoms with van der Waals surface area (Å²) in [7, 11) is 0. The van der Waals surface area contributed by atoms with Gasteiger partial charge in [-0.1, -0.05) is 0 Å². The number of amides is 1. The van der Waals surface area contributed by atoms with Crippen molar-refractivity contribution in [3.63, 3.8) is 0 Å². The number of likely N-dealkylation sites (tertiary alicyclic amines) is 2. The quantitative estimate of drug-likeness (QED) is 0.771. The maximum absolute atomic E-state index is 12.8. The second kappa shape index (κ2) is 7.46. The summed E-state index contributed by atoms with van der Waals surface area (Å²) in [5, 5.41) is 0. The number of ether oxygens (including phenoxy) is 1. The zero-order valence-electron chi connectivity index (χ0n) is 15.4. The molecule has 3 rings (SSSR count). The maximum atomic E-state index is 12.8. The molecule has 5 nitrogen and oxygen atoms in total. The molecule has 2 aliphatic heterocycles. The van der Waals surface area contributed by atoms with Crippen LogP contribution in [0.3, 0.4) is 0 Å². The van der Waals surface area contributed by atoms with Gasteiger partial charge < -0.3 is 9.64 Å². The third kappa shape index (κ3) is 3.75. The molecule has 2 aliphatic rings. The summed E-state index contributed by atoms with van der Waals surface area (Å²) in [6.45, 7) is 9.91. The zero-order valence-corrected chi connectivity index (χ0v) is 16.2. The summed E-state index contributed by atoms with van der Waals surface area (Å²) < 4.78 is 5.43. The number of esters is 1. The lowest BCUT2D eigenvalue weighted by molar-refractivity contribution is -0.157. The Kier molecular flexibility index (Phi) is 5.49. The molecule has 0 spiro atoms. The monoisotopic (exact) mass is 364 g/mol. The fourth-order valence-electron chi connectivity index (χ4n) is 4.29. The third-order valence-electron chi connectivity index (χ3n) is 5.57. The smallest absolute Gasteiger partial charge is 0.314 e. The van der Waals surface area contributed by atoms with Crippen molar-refractivity contribution in [3.05, 3.63) is 21.9 Å². The molecule has 0 bridgehead atoms. The van der Waals surface area contributed by atoms with E-state index in [4.69, 9.17) is 4.74 Å². The number of hydrogen-bond donors (Lipinski definition) is 0. The van der Waals surface area contributed by atoms with Crippen LogP contribution in [0.1, 0.15) is 36.4 Å². The molecule has 3 heterocycles. The second-order valence-electron chi connectivity index (χ2n) is 7.32. The molecule has 0 aliphatic carbocycles. The zero-order chi connectivity index (χ0) is 18.0. The Hall–Kier alpha value is -1.40. The summed E-state index contributed by atoms with van der Waals surface area (Å²) >= 11 is 1.83. The highest BCUT2D eigenvalue weighted by molar-refractivity contribution is 7.11. The molecular weight excluding hydrogens is 336 g/mol. The van der Waals surface area contributed by atoms with Gasteiger partial charge in [0.1, 0.15) is 0 Å². The fraction of sp³-hybridized carbons (Fsp3) is 0.684. The van der Waals surface area contributed by atoms with E-state index in [2.05, 4.69) is 24.0 Å². The van der Waals surface area contributed by atoms with Crippen molar-refractivity contribution in [1.82, 2.24) is 9.80 Å². The lowest BCUT2D eigenvalue weighted by Crippen LogP contribution is -2.42. The van der Waals surface area contributed by atoms with Gasteiger partial charge in [0, 0.05) is 48.8 Å². The van der Waals surface area contributed by atoms with Crippen LogP contribution in [0.2, 0.25) is 0 Å². The van der Waals surface area contributed by atoms with E-state index < -0.39 is 5.41 Å². The summed E-state index contributed by atoms with van der Waals surface area (Å²) in [5.41, 5.74) is -0.526. The standard InChI is InChI=1S/C19H28N2O3S/c1-4-24-18(23)19-8-5-9-20(12-17-7-6-14(2)25-17)10-16(19)11-21(13-19)15(3)22/h6-7,16H,4-5,8-13H2,1-3H3/t16-,19-/m1/s1. The van der Waals surface area contributed by atoms with Gasteiger partial charge in [0.25, 0.3) is 0 Å². The summed E-state index contributed by atoms with van der Waals surface area (Å²) in [6, 6.07) is 4.35.